The maximum atomic E-state index is 12.8. The molecule has 0 atom stereocenters. The highest BCUT2D eigenvalue weighted by Gasteiger charge is 2.16. The van der Waals surface area contributed by atoms with Crippen LogP contribution in [0.15, 0.2) is 133 Å². The molecule has 0 saturated carbocycles. The Morgan fingerprint density at radius 2 is 0.667 bits per heavy atom. The minimum absolute atomic E-state index is 0.170. The van der Waals surface area contributed by atoms with E-state index < -0.39 is 11.9 Å². The highest BCUT2D eigenvalue weighted by Crippen LogP contribution is 2.29. The van der Waals surface area contributed by atoms with Crippen LogP contribution in [0.4, 0.5) is 0 Å². The summed E-state index contributed by atoms with van der Waals surface area (Å²) < 4.78 is 11.1. The molecule has 4 nitrogen and oxygen atoms in total. The van der Waals surface area contributed by atoms with E-state index >= 15 is 0 Å². The number of para-hydroxylation sites is 2. The van der Waals surface area contributed by atoms with Gasteiger partial charge in [-0.25, -0.2) is 9.59 Å². The third kappa shape index (κ3) is 5.24. The molecular weight excluding hydrogens is 448 g/mol. The SMILES string of the molecule is O=C(Oc1ccccc1OC(=O)c1ccc(-c2ccccc2)cc1)c1ccc(-c2ccccc2)cc1. The van der Waals surface area contributed by atoms with Crippen molar-refractivity contribution in [3.8, 4) is 33.8 Å². The van der Waals surface area contributed by atoms with Crippen LogP contribution >= 0.6 is 0 Å². The summed E-state index contributed by atoms with van der Waals surface area (Å²) in [6, 6.07) is 40.8. The zero-order valence-electron chi connectivity index (χ0n) is 19.3. The Labute approximate surface area is 209 Å². The van der Waals surface area contributed by atoms with Crippen molar-refractivity contribution < 1.29 is 19.1 Å². The topological polar surface area (TPSA) is 52.6 Å². The van der Waals surface area contributed by atoms with Crippen LogP contribution in [0.3, 0.4) is 0 Å². The summed E-state index contributed by atoms with van der Waals surface area (Å²) in [5.74, 6) is -0.733. The molecule has 5 aromatic carbocycles. The molecule has 0 spiro atoms. The molecule has 5 rings (SSSR count). The van der Waals surface area contributed by atoms with Gasteiger partial charge in [0.25, 0.3) is 0 Å². The summed E-state index contributed by atoms with van der Waals surface area (Å²) in [5.41, 5.74) is 4.91. The van der Waals surface area contributed by atoms with Crippen LogP contribution in [0, 0.1) is 0 Å². The smallest absolute Gasteiger partial charge is 0.343 e. The first-order valence-electron chi connectivity index (χ1n) is 11.5. The number of benzene rings is 5. The van der Waals surface area contributed by atoms with Crippen molar-refractivity contribution in [3.63, 3.8) is 0 Å². The molecule has 5 aromatic rings. The Hall–Kier alpha value is -4.96. The molecule has 0 radical (unpaired) electrons. The highest BCUT2D eigenvalue weighted by molar-refractivity contribution is 5.94. The fourth-order valence-electron chi connectivity index (χ4n) is 3.80. The molecular formula is C32H22O4. The molecule has 0 aromatic heterocycles. The Morgan fingerprint density at radius 1 is 0.361 bits per heavy atom. The molecule has 0 bridgehead atoms. The van der Waals surface area contributed by atoms with E-state index in [4.69, 9.17) is 9.47 Å². The maximum Gasteiger partial charge on any atom is 0.343 e. The van der Waals surface area contributed by atoms with Crippen LogP contribution in [0.1, 0.15) is 20.7 Å². The normalized spacial score (nSPS) is 10.4. The lowest BCUT2D eigenvalue weighted by molar-refractivity contribution is 0.0682. The Bertz CT molecular complexity index is 1360. The fraction of sp³-hybridized carbons (Fsp3) is 0. The Morgan fingerprint density at radius 3 is 1.03 bits per heavy atom. The lowest BCUT2D eigenvalue weighted by Crippen LogP contribution is -2.12. The van der Waals surface area contributed by atoms with Crippen molar-refractivity contribution in [1.29, 1.82) is 0 Å². The van der Waals surface area contributed by atoms with Gasteiger partial charge in [-0.3, -0.25) is 0 Å². The molecule has 36 heavy (non-hydrogen) atoms. The van der Waals surface area contributed by atoms with Crippen LogP contribution in [0.5, 0.6) is 11.5 Å². The van der Waals surface area contributed by atoms with Crippen LogP contribution in [0.2, 0.25) is 0 Å². The molecule has 0 aliphatic rings. The molecule has 0 heterocycles. The minimum Gasteiger partial charge on any atom is -0.419 e. The van der Waals surface area contributed by atoms with Gasteiger partial charge in [0.2, 0.25) is 0 Å². The van der Waals surface area contributed by atoms with Crippen LogP contribution in [0.25, 0.3) is 22.3 Å². The summed E-state index contributed by atoms with van der Waals surface area (Å²) in [4.78, 5) is 25.6. The molecule has 0 saturated heterocycles. The van der Waals surface area contributed by atoms with E-state index in [2.05, 4.69) is 0 Å². The monoisotopic (exact) mass is 470 g/mol. The number of esters is 2. The fourth-order valence-corrected chi connectivity index (χ4v) is 3.80. The lowest BCUT2D eigenvalue weighted by Gasteiger charge is -2.11. The van der Waals surface area contributed by atoms with Gasteiger partial charge >= 0.3 is 11.9 Å². The van der Waals surface area contributed by atoms with Crippen LogP contribution < -0.4 is 9.47 Å². The van der Waals surface area contributed by atoms with E-state index in [9.17, 15) is 9.59 Å². The van der Waals surface area contributed by atoms with E-state index in [1.54, 1.807) is 48.5 Å². The second-order valence-electron chi connectivity index (χ2n) is 8.11. The van der Waals surface area contributed by atoms with Crippen LogP contribution in [-0.2, 0) is 0 Å². The van der Waals surface area contributed by atoms with Crippen molar-refractivity contribution in [2.24, 2.45) is 0 Å². The Balaban J connectivity index is 1.28. The number of carbonyl (C=O) groups is 2. The highest BCUT2D eigenvalue weighted by atomic mass is 16.6. The summed E-state index contributed by atoms with van der Waals surface area (Å²) in [7, 11) is 0. The number of ether oxygens (including phenoxy) is 2. The van der Waals surface area contributed by atoms with Gasteiger partial charge < -0.3 is 9.47 Å². The zero-order valence-corrected chi connectivity index (χ0v) is 19.3. The van der Waals surface area contributed by atoms with E-state index in [-0.39, 0.29) is 11.5 Å². The second kappa shape index (κ2) is 10.5. The van der Waals surface area contributed by atoms with Gasteiger partial charge in [0.05, 0.1) is 11.1 Å². The zero-order chi connectivity index (χ0) is 24.7. The van der Waals surface area contributed by atoms with E-state index in [0.29, 0.717) is 11.1 Å². The minimum atomic E-state index is -0.537. The third-order valence-electron chi connectivity index (χ3n) is 5.71. The van der Waals surface area contributed by atoms with Gasteiger partial charge in [0.15, 0.2) is 11.5 Å². The molecule has 0 aliphatic heterocycles. The van der Waals surface area contributed by atoms with Crippen molar-refractivity contribution in [2.75, 3.05) is 0 Å². The second-order valence-corrected chi connectivity index (χ2v) is 8.11. The summed E-state index contributed by atoms with van der Waals surface area (Å²) >= 11 is 0. The Kier molecular flexibility index (Phi) is 6.68. The number of rotatable bonds is 6. The summed E-state index contributed by atoms with van der Waals surface area (Å²) in [6.45, 7) is 0. The number of hydrogen-bond acceptors (Lipinski definition) is 4. The van der Waals surface area contributed by atoms with Gasteiger partial charge in [0.1, 0.15) is 0 Å². The largest absolute Gasteiger partial charge is 0.419 e. The molecule has 174 valence electrons. The van der Waals surface area contributed by atoms with Crippen molar-refractivity contribution in [3.05, 3.63) is 145 Å². The van der Waals surface area contributed by atoms with Gasteiger partial charge in [-0.1, -0.05) is 97.1 Å². The summed E-state index contributed by atoms with van der Waals surface area (Å²) in [5, 5.41) is 0. The van der Waals surface area contributed by atoms with Crippen molar-refractivity contribution >= 4 is 11.9 Å². The quantitative estimate of drug-likeness (QED) is 0.191. The molecule has 0 unspecified atom stereocenters. The average Bonchev–Trinajstić information content (AvgIpc) is 2.95. The molecule has 0 amide bonds. The molecule has 0 aliphatic carbocycles. The molecule has 0 fully saturated rings. The third-order valence-corrected chi connectivity index (χ3v) is 5.71. The van der Waals surface area contributed by atoms with Gasteiger partial charge in [-0.05, 0) is 58.7 Å². The number of hydrogen-bond donors (Lipinski definition) is 0. The average molecular weight is 471 g/mol. The van der Waals surface area contributed by atoms with E-state index in [1.165, 1.54) is 0 Å². The first kappa shape index (κ1) is 22.8. The predicted octanol–water partition coefficient (Wildman–Crippen LogP) is 7.46. The van der Waals surface area contributed by atoms with E-state index in [1.807, 2.05) is 84.9 Å². The van der Waals surface area contributed by atoms with E-state index in [0.717, 1.165) is 22.3 Å². The lowest BCUT2D eigenvalue weighted by atomic mass is 10.0. The standard InChI is InChI=1S/C32H22O4/c33-31(27-19-15-25(16-20-27)23-9-3-1-4-10-23)35-29-13-7-8-14-30(29)36-32(34)28-21-17-26(18-22-28)24-11-5-2-6-12-24/h1-22H. The van der Waals surface area contributed by atoms with Gasteiger partial charge in [-0.2, -0.15) is 0 Å². The first-order chi connectivity index (χ1) is 17.7. The van der Waals surface area contributed by atoms with Crippen LogP contribution in [-0.4, -0.2) is 11.9 Å². The number of carbonyl (C=O) groups excluding carboxylic acids is 2. The first-order valence-corrected chi connectivity index (χ1v) is 11.5. The summed E-state index contributed by atoms with van der Waals surface area (Å²) in [6.07, 6.45) is 0. The molecule has 4 heteroatoms. The van der Waals surface area contributed by atoms with Crippen molar-refractivity contribution in [1.82, 2.24) is 0 Å². The maximum absolute atomic E-state index is 12.8. The molecule has 0 N–H and O–H groups in total. The van der Waals surface area contributed by atoms with Gasteiger partial charge in [0, 0.05) is 0 Å². The van der Waals surface area contributed by atoms with Gasteiger partial charge in [-0.15, -0.1) is 0 Å². The predicted molar refractivity (Wildman–Crippen MR) is 140 cm³/mol. The van der Waals surface area contributed by atoms with Crippen molar-refractivity contribution in [2.45, 2.75) is 0 Å².